The van der Waals surface area contributed by atoms with Crippen LogP contribution in [0.2, 0.25) is 0 Å². The Labute approximate surface area is 119 Å². The largest absolute Gasteiger partial charge is 0.467 e. The molecule has 5 nitrogen and oxygen atoms in total. The number of aromatic nitrogens is 2. The maximum absolute atomic E-state index is 5.94. The first kappa shape index (κ1) is 14.5. The molecule has 20 heavy (non-hydrogen) atoms. The van der Waals surface area contributed by atoms with E-state index in [-0.39, 0.29) is 0 Å². The summed E-state index contributed by atoms with van der Waals surface area (Å²) in [5, 5.41) is 8.71. The summed E-state index contributed by atoms with van der Waals surface area (Å²) in [5.41, 5.74) is 9.31. The molecule has 0 saturated heterocycles. The Kier molecular flexibility index (Phi) is 4.74. The molecular formula is C15H22N4O. The lowest BCUT2D eigenvalue weighted by molar-refractivity contribution is 0.506. The highest BCUT2D eigenvalue weighted by Gasteiger charge is 2.16. The van der Waals surface area contributed by atoms with Crippen LogP contribution < -0.4 is 10.6 Å². The second-order valence-corrected chi connectivity index (χ2v) is 4.77. The maximum atomic E-state index is 5.94. The molecule has 2 heterocycles. The van der Waals surface area contributed by atoms with E-state index in [0.29, 0.717) is 13.1 Å². The van der Waals surface area contributed by atoms with E-state index >= 15 is 0 Å². The van der Waals surface area contributed by atoms with Gasteiger partial charge in [0.2, 0.25) is 0 Å². The average molecular weight is 274 g/mol. The van der Waals surface area contributed by atoms with E-state index in [9.17, 15) is 0 Å². The van der Waals surface area contributed by atoms with Crippen molar-refractivity contribution in [3.63, 3.8) is 0 Å². The summed E-state index contributed by atoms with van der Waals surface area (Å²) in [4.78, 5) is 2.03. The SMILES string of the molecule is CCc1nnc(N(C)Cc2ccco2)c(CN)c1CC. The Morgan fingerprint density at radius 2 is 2.00 bits per heavy atom. The minimum absolute atomic E-state index is 0.476. The highest BCUT2D eigenvalue weighted by molar-refractivity contribution is 5.51. The Morgan fingerprint density at radius 3 is 2.55 bits per heavy atom. The Hall–Kier alpha value is -1.88. The van der Waals surface area contributed by atoms with Crippen molar-refractivity contribution in [1.82, 2.24) is 10.2 Å². The summed E-state index contributed by atoms with van der Waals surface area (Å²) < 4.78 is 5.38. The molecule has 0 atom stereocenters. The highest BCUT2D eigenvalue weighted by Crippen LogP contribution is 2.24. The molecule has 2 aromatic heterocycles. The van der Waals surface area contributed by atoms with E-state index in [1.165, 1.54) is 5.56 Å². The van der Waals surface area contributed by atoms with Gasteiger partial charge < -0.3 is 15.1 Å². The molecule has 0 amide bonds. The standard InChI is InChI=1S/C15H22N4O/c1-4-12-13(9-16)15(18-17-14(12)5-2)19(3)10-11-7-6-8-20-11/h6-8H,4-5,9-10,16H2,1-3H3. The quantitative estimate of drug-likeness (QED) is 0.875. The topological polar surface area (TPSA) is 68.2 Å². The Bertz CT molecular complexity index is 551. The van der Waals surface area contributed by atoms with Crippen molar-refractivity contribution in [3.8, 4) is 0 Å². The zero-order valence-electron chi connectivity index (χ0n) is 12.4. The van der Waals surface area contributed by atoms with E-state index in [0.717, 1.165) is 35.7 Å². The fourth-order valence-corrected chi connectivity index (χ4v) is 2.47. The molecule has 108 valence electrons. The minimum Gasteiger partial charge on any atom is -0.467 e. The first-order valence-electron chi connectivity index (χ1n) is 7.02. The van der Waals surface area contributed by atoms with Gasteiger partial charge in [-0.05, 0) is 30.5 Å². The molecule has 0 fully saturated rings. The number of furan rings is 1. The van der Waals surface area contributed by atoms with Crippen LogP contribution in [0.15, 0.2) is 22.8 Å². The number of hydrogen-bond donors (Lipinski definition) is 1. The lowest BCUT2D eigenvalue weighted by Crippen LogP contribution is -2.22. The molecular weight excluding hydrogens is 252 g/mol. The van der Waals surface area contributed by atoms with E-state index < -0.39 is 0 Å². The third kappa shape index (κ3) is 2.82. The van der Waals surface area contributed by atoms with Crippen LogP contribution in [0.4, 0.5) is 5.82 Å². The molecule has 0 radical (unpaired) electrons. The van der Waals surface area contributed by atoms with E-state index in [2.05, 4.69) is 24.0 Å². The summed E-state index contributed by atoms with van der Waals surface area (Å²) >= 11 is 0. The van der Waals surface area contributed by atoms with Gasteiger partial charge in [0.25, 0.3) is 0 Å². The van der Waals surface area contributed by atoms with E-state index in [1.807, 2.05) is 24.1 Å². The molecule has 2 aromatic rings. The summed E-state index contributed by atoms with van der Waals surface area (Å²) in [5.74, 6) is 1.74. The summed E-state index contributed by atoms with van der Waals surface area (Å²) in [6, 6.07) is 3.84. The van der Waals surface area contributed by atoms with E-state index in [1.54, 1.807) is 6.26 Å². The van der Waals surface area contributed by atoms with Crippen molar-refractivity contribution in [2.75, 3.05) is 11.9 Å². The van der Waals surface area contributed by atoms with Crippen molar-refractivity contribution >= 4 is 5.82 Å². The van der Waals surface area contributed by atoms with Crippen LogP contribution in [0, 0.1) is 0 Å². The number of aryl methyl sites for hydroxylation is 1. The Morgan fingerprint density at radius 1 is 1.20 bits per heavy atom. The molecule has 0 saturated carbocycles. The number of nitrogens with two attached hydrogens (primary N) is 1. The van der Waals surface area contributed by atoms with Crippen LogP contribution in [0.3, 0.4) is 0 Å². The van der Waals surface area contributed by atoms with Crippen molar-refractivity contribution in [1.29, 1.82) is 0 Å². The molecule has 0 aliphatic heterocycles. The van der Waals surface area contributed by atoms with Crippen LogP contribution in [-0.2, 0) is 25.9 Å². The number of hydrogen-bond acceptors (Lipinski definition) is 5. The normalized spacial score (nSPS) is 10.8. The number of nitrogens with zero attached hydrogens (tertiary/aromatic N) is 3. The van der Waals surface area contributed by atoms with Gasteiger partial charge in [0, 0.05) is 19.2 Å². The third-order valence-electron chi connectivity index (χ3n) is 3.48. The van der Waals surface area contributed by atoms with Crippen LogP contribution in [-0.4, -0.2) is 17.2 Å². The van der Waals surface area contributed by atoms with Gasteiger partial charge in [0.1, 0.15) is 5.76 Å². The maximum Gasteiger partial charge on any atom is 0.156 e. The van der Waals surface area contributed by atoms with Gasteiger partial charge in [0.15, 0.2) is 5.82 Å². The number of anilines is 1. The van der Waals surface area contributed by atoms with Gasteiger partial charge in [-0.3, -0.25) is 0 Å². The molecule has 2 N–H and O–H groups in total. The first-order valence-corrected chi connectivity index (χ1v) is 7.02. The fourth-order valence-electron chi connectivity index (χ4n) is 2.47. The minimum atomic E-state index is 0.476. The van der Waals surface area contributed by atoms with Crippen molar-refractivity contribution in [2.24, 2.45) is 5.73 Å². The van der Waals surface area contributed by atoms with Crippen molar-refractivity contribution in [3.05, 3.63) is 41.0 Å². The molecule has 0 aliphatic rings. The summed E-state index contributed by atoms with van der Waals surface area (Å²) in [6.07, 6.45) is 3.48. The molecule has 5 heteroatoms. The highest BCUT2D eigenvalue weighted by atomic mass is 16.3. The molecule has 0 spiro atoms. The second kappa shape index (κ2) is 6.52. The molecule has 0 bridgehead atoms. The molecule has 0 aromatic carbocycles. The summed E-state index contributed by atoms with van der Waals surface area (Å²) in [6.45, 7) is 5.36. The predicted molar refractivity (Wildman–Crippen MR) is 79.5 cm³/mol. The zero-order valence-corrected chi connectivity index (χ0v) is 12.4. The number of rotatable bonds is 6. The lowest BCUT2D eigenvalue weighted by Gasteiger charge is -2.22. The van der Waals surface area contributed by atoms with Crippen LogP contribution in [0.1, 0.15) is 36.4 Å². The molecule has 0 unspecified atom stereocenters. The average Bonchev–Trinajstić information content (AvgIpc) is 2.98. The van der Waals surface area contributed by atoms with Gasteiger partial charge >= 0.3 is 0 Å². The summed E-state index contributed by atoms with van der Waals surface area (Å²) in [7, 11) is 1.98. The van der Waals surface area contributed by atoms with Crippen LogP contribution >= 0.6 is 0 Å². The smallest absolute Gasteiger partial charge is 0.156 e. The van der Waals surface area contributed by atoms with Crippen molar-refractivity contribution in [2.45, 2.75) is 39.8 Å². The van der Waals surface area contributed by atoms with Gasteiger partial charge in [-0.25, -0.2) is 0 Å². The second-order valence-electron chi connectivity index (χ2n) is 4.77. The third-order valence-corrected chi connectivity index (χ3v) is 3.48. The Balaban J connectivity index is 2.35. The first-order chi connectivity index (χ1) is 9.71. The van der Waals surface area contributed by atoms with Crippen LogP contribution in [0.5, 0.6) is 0 Å². The predicted octanol–water partition coefficient (Wildman–Crippen LogP) is 2.29. The van der Waals surface area contributed by atoms with E-state index in [4.69, 9.17) is 10.2 Å². The monoisotopic (exact) mass is 274 g/mol. The molecule has 2 rings (SSSR count). The van der Waals surface area contributed by atoms with Crippen molar-refractivity contribution < 1.29 is 4.42 Å². The van der Waals surface area contributed by atoms with Gasteiger partial charge in [-0.2, -0.15) is 5.10 Å². The van der Waals surface area contributed by atoms with Gasteiger partial charge in [-0.15, -0.1) is 5.10 Å². The van der Waals surface area contributed by atoms with Gasteiger partial charge in [-0.1, -0.05) is 13.8 Å². The molecule has 0 aliphatic carbocycles. The lowest BCUT2D eigenvalue weighted by atomic mass is 10.0. The zero-order chi connectivity index (χ0) is 14.5. The van der Waals surface area contributed by atoms with Crippen LogP contribution in [0.25, 0.3) is 0 Å². The van der Waals surface area contributed by atoms with Gasteiger partial charge in [0.05, 0.1) is 18.5 Å². The fraction of sp³-hybridized carbons (Fsp3) is 0.467.